The third-order valence-electron chi connectivity index (χ3n) is 2.98. The third-order valence-corrected chi connectivity index (χ3v) is 2.98. The van der Waals surface area contributed by atoms with Crippen LogP contribution in [-0.4, -0.2) is 30.8 Å². The molecule has 19 heavy (non-hydrogen) atoms. The van der Waals surface area contributed by atoms with E-state index in [9.17, 15) is 9.59 Å². The van der Waals surface area contributed by atoms with Crippen LogP contribution in [0.4, 0.5) is 4.79 Å². The highest BCUT2D eigenvalue weighted by atomic mass is 16.4. The van der Waals surface area contributed by atoms with E-state index in [0.29, 0.717) is 0 Å². The van der Waals surface area contributed by atoms with Gasteiger partial charge in [0.05, 0.1) is 0 Å². The zero-order chi connectivity index (χ0) is 13.8. The molecule has 0 unspecified atom stereocenters. The van der Waals surface area contributed by atoms with Gasteiger partial charge < -0.3 is 10.4 Å². The van der Waals surface area contributed by atoms with Crippen LogP contribution in [0, 0.1) is 0 Å². The molecule has 0 fully saturated rings. The molecule has 0 spiro atoms. The number of carboxylic acid groups (broad SMARTS) is 1. The van der Waals surface area contributed by atoms with E-state index in [-0.39, 0.29) is 12.2 Å². The van der Waals surface area contributed by atoms with E-state index in [1.54, 1.807) is 0 Å². The predicted octanol–water partition coefficient (Wildman–Crippen LogP) is 1.18. The van der Waals surface area contributed by atoms with Gasteiger partial charge in [-0.3, -0.25) is 4.79 Å². The fourth-order valence-electron chi connectivity index (χ4n) is 2.14. The molecule has 0 saturated carbocycles. The summed E-state index contributed by atoms with van der Waals surface area (Å²) in [4.78, 5) is 22.2. The highest BCUT2D eigenvalue weighted by molar-refractivity contribution is 6.57. The molecule has 0 heterocycles. The Labute approximate surface area is 111 Å². The molecule has 1 amide bonds. The van der Waals surface area contributed by atoms with Gasteiger partial charge in [0.2, 0.25) is 7.85 Å². The number of rotatable bonds is 4. The van der Waals surface area contributed by atoms with E-state index in [0.717, 1.165) is 16.3 Å². The topological polar surface area (TPSA) is 66.4 Å². The summed E-state index contributed by atoms with van der Waals surface area (Å²) in [5, 5.41) is 13.7. The van der Waals surface area contributed by atoms with Crippen LogP contribution in [-0.2, 0) is 11.2 Å². The third kappa shape index (κ3) is 3.13. The summed E-state index contributed by atoms with van der Waals surface area (Å²) in [5.41, 5.74) is 0.916. The van der Waals surface area contributed by atoms with Gasteiger partial charge >= 0.3 is 5.97 Å². The van der Waals surface area contributed by atoms with E-state index in [4.69, 9.17) is 5.11 Å². The molecule has 0 aromatic heterocycles. The van der Waals surface area contributed by atoms with Gasteiger partial charge in [-0.1, -0.05) is 42.5 Å². The molecule has 0 aliphatic rings. The molecule has 0 saturated heterocycles. The van der Waals surface area contributed by atoms with E-state index in [1.165, 1.54) is 7.85 Å². The summed E-state index contributed by atoms with van der Waals surface area (Å²) in [5.74, 6) is -1.37. The van der Waals surface area contributed by atoms with Crippen molar-refractivity contribution in [3.05, 3.63) is 48.0 Å². The highest BCUT2D eigenvalue weighted by Crippen LogP contribution is 2.19. The Bertz CT molecular complexity index is 622. The number of hydrogen-bond acceptors (Lipinski definition) is 2. The average Bonchev–Trinajstić information content (AvgIpc) is 2.37. The minimum Gasteiger partial charge on any atom is -0.480 e. The summed E-state index contributed by atoms with van der Waals surface area (Å²) < 4.78 is 0. The first-order valence-electron chi connectivity index (χ1n) is 6.04. The largest absolute Gasteiger partial charge is 0.480 e. The van der Waals surface area contributed by atoms with Gasteiger partial charge in [-0.2, -0.15) is 0 Å². The van der Waals surface area contributed by atoms with Crippen molar-refractivity contribution in [2.75, 3.05) is 0 Å². The molecule has 0 bridgehead atoms. The second-order valence-electron chi connectivity index (χ2n) is 4.43. The first kappa shape index (κ1) is 13.1. The van der Waals surface area contributed by atoms with Gasteiger partial charge in [0, 0.05) is 6.42 Å². The Balaban J connectivity index is 2.33. The van der Waals surface area contributed by atoms with Crippen molar-refractivity contribution < 1.29 is 14.7 Å². The summed E-state index contributed by atoms with van der Waals surface area (Å²) in [6.45, 7) is 0. The van der Waals surface area contributed by atoms with Crippen molar-refractivity contribution in [3.8, 4) is 0 Å². The van der Waals surface area contributed by atoms with Crippen LogP contribution in [0.1, 0.15) is 5.56 Å². The van der Waals surface area contributed by atoms with Crippen LogP contribution in [0.25, 0.3) is 10.8 Å². The number of benzene rings is 2. The highest BCUT2D eigenvalue weighted by Gasteiger charge is 2.19. The molecule has 2 aromatic rings. The summed E-state index contributed by atoms with van der Waals surface area (Å²) in [6.07, 6.45) is 0.274. The molecule has 0 radical (unpaired) electrons. The van der Waals surface area contributed by atoms with Crippen molar-refractivity contribution in [1.29, 1.82) is 0 Å². The van der Waals surface area contributed by atoms with Gasteiger partial charge in [-0.25, -0.2) is 4.79 Å². The van der Waals surface area contributed by atoms with E-state index >= 15 is 0 Å². The maximum Gasteiger partial charge on any atom is 0.326 e. The molecular weight excluding hydrogens is 241 g/mol. The fraction of sp³-hybridized carbons (Fsp3) is 0.143. The Morgan fingerprint density at radius 3 is 2.53 bits per heavy atom. The normalized spacial score (nSPS) is 12.0. The maximum atomic E-state index is 11.2. The summed E-state index contributed by atoms with van der Waals surface area (Å²) in [7, 11) is 1.32. The second-order valence-corrected chi connectivity index (χ2v) is 4.43. The van der Waals surface area contributed by atoms with Crippen molar-refractivity contribution >= 4 is 30.4 Å². The van der Waals surface area contributed by atoms with Gasteiger partial charge in [0.15, 0.2) is 5.81 Å². The molecule has 2 rings (SSSR count). The van der Waals surface area contributed by atoms with Crippen LogP contribution < -0.4 is 5.32 Å². The number of hydrogen-bond donors (Lipinski definition) is 2. The fourth-order valence-corrected chi connectivity index (χ4v) is 2.14. The minimum atomic E-state index is -1.02. The minimum absolute atomic E-state index is 0.274. The molecule has 2 N–H and O–H groups in total. The van der Waals surface area contributed by atoms with Gasteiger partial charge in [0.25, 0.3) is 0 Å². The predicted molar refractivity (Wildman–Crippen MR) is 76.2 cm³/mol. The molecular formula is C14H14BNO3. The molecule has 96 valence electrons. The van der Waals surface area contributed by atoms with Crippen molar-refractivity contribution in [1.82, 2.24) is 5.32 Å². The zero-order valence-corrected chi connectivity index (χ0v) is 10.6. The van der Waals surface area contributed by atoms with Gasteiger partial charge in [-0.15, -0.1) is 0 Å². The monoisotopic (exact) mass is 255 g/mol. The van der Waals surface area contributed by atoms with Crippen molar-refractivity contribution in [3.63, 3.8) is 0 Å². The van der Waals surface area contributed by atoms with Crippen LogP contribution in [0.5, 0.6) is 0 Å². The van der Waals surface area contributed by atoms with Crippen LogP contribution in [0.2, 0.25) is 0 Å². The average molecular weight is 255 g/mol. The Morgan fingerprint density at radius 1 is 1.16 bits per heavy atom. The Morgan fingerprint density at radius 2 is 1.84 bits per heavy atom. The number of nitrogens with one attached hydrogen (secondary N) is 1. The molecule has 0 aliphatic carbocycles. The number of carbonyl (C=O) groups is 2. The first-order chi connectivity index (χ1) is 9.08. The number of carbonyl (C=O) groups excluding carboxylic acids is 1. The van der Waals surface area contributed by atoms with E-state index in [2.05, 4.69) is 5.32 Å². The van der Waals surface area contributed by atoms with Crippen molar-refractivity contribution in [2.24, 2.45) is 0 Å². The number of amides is 1. The van der Waals surface area contributed by atoms with Gasteiger partial charge in [-0.05, 0) is 16.3 Å². The Kier molecular flexibility index (Phi) is 3.85. The molecule has 4 nitrogen and oxygen atoms in total. The lowest BCUT2D eigenvalue weighted by Crippen LogP contribution is -2.41. The molecule has 0 aliphatic heterocycles. The first-order valence-corrected chi connectivity index (χ1v) is 6.04. The zero-order valence-electron chi connectivity index (χ0n) is 10.6. The Hall–Kier alpha value is -2.30. The molecule has 5 heteroatoms. The number of aliphatic carboxylic acids is 1. The lowest BCUT2D eigenvalue weighted by atomic mass is 9.98. The number of fused-ring (bicyclic) bond motifs is 1. The lowest BCUT2D eigenvalue weighted by molar-refractivity contribution is -0.139. The molecule has 1 atom stereocenters. The lowest BCUT2D eigenvalue weighted by Gasteiger charge is -2.15. The summed E-state index contributed by atoms with van der Waals surface area (Å²) >= 11 is 0. The van der Waals surface area contributed by atoms with E-state index < -0.39 is 12.0 Å². The smallest absolute Gasteiger partial charge is 0.326 e. The van der Waals surface area contributed by atoms with Crippen molar-refractivity contribution in [2.45, 2.75) is 12.5 Å². The van der Waals surface area contributed by atoms with E-state index in [1.807, 2.05) is 42.5 Å². The number of carboxylic acids is 1. The second kappa shape index (κ2) is 5.56. The molecule has 2 aromatic carbocycles. The van der Waals surface area contributed by atoms with Crippen LogP contribution in [0.15, 0.2) is 42.5 Å². The summed E-state index contributed by atoms with van der Waals surface area (Å²) in [6, 6.07) is 12.7. The maximum absolute atomic E-state index is 11.2. The van der Waals surface area contributed by atoms with Crippen LogP contribution >= 0.6 is 0 Å². The quantitative estimate of drug-likeness (QED) is 0.806. The standard InChI is InChI=1S/C14H14BNO3/c15-14(19)16-12(13(17)18)8-10-6-3-5-9-4-1-2-7-11(9)10/h1-7,12H,8,15H2,(H,16,19)(H,17,18)/t12-/m0/s1. The van der Waals surface area contributed by atoms with Gasteiger partial charge in [0.1, 0.15) is 6.04 Å². The van der Waals surface area contributed by atoms with Crippen LogP contribution in [0.3, 0.4) is 0 Å². The SMILES string of the molecule is BC(=O)N[C@@H](Cc1cccc2ccccc12)C(=O)O.